The standard InChI is InChI=1S/C17H18N2O2/c1-17(2)13-7-5-6-8-14(13)19(3)15(17)10-9-12(11-18)16(20)21-4/h5-10H,1-4H3/b12-9+,15-10+. The van der Waals surface area contributed by atoms with Crippen LogP contribution in [0.1, 0.15) is 19.4 Å². The first-order chi connectivity index (χ1) is 9.93. The smallest absolute Gasteiger partial charge is 0.348 e. The van der Waals surface area contributed by atoms with Gasteiger partial charge in [-0.3, -0.25) is 0 Å². The Kier molecular flexibility index (Phi) is 3.86. The van der Waals surface area contributed by atoms with Gasteiger partial charge < -0.3 is 9.64 Å². The van der Waals surface area contributed by atoms with Crippen molar-refractivity contribution < 1.29 is 9.53 Å². The normalized spacial score (nSPS) is 18.3. The van der Waals surface area contributed by atoms with Crippen LogP contribution in [0.25, 0.3) is 0 Å². The van der Waals surface area contributed by atoms with Crippen LogP contribution in [0.4, 0.5) is 5.69 Å². The molecule has 1 aromatic rings. The number of nitrogens with zero attached hydrogens (tertiary/aromatic N) is 2. The number of benzene rings is 1. The second-order valence-electron chi connectivity index (χ2n) is 5.44. The van der Waals surface area contributed by atoms with E-state index >= 15 is 0 Å². The van der Waals surface area contributed by atoms with Gasteiger partial charge in [0.15, 0.2) is 0 Å². The van der Waals surface area contributed by atoms with Crippen molar-refractivity contribution in [3.05, 3.63) is 53.3 Å². The maximum atomic E-state index is 11.5. The summed E-state index contributed by atoms with van der Waals surface area (Å²) in [4.78, 5) is 13.5. The van der Waals surface area contributed by atoms with Gasteiger partial charge in [-0.2, -0.15) is 5.26 Å². The third-order valence-corrected chi connectivity index (χ3v) is 3.87. The van der Waals surface area contributed by atoms with Gasteiger partial charge in [-0.1, -0.05) is 32.0 Å². The summed E-state index contributed by atoms with van der Waals surface area (Å²) < 4.78 is 4.59. The predicted molar refractivity (Wildman–Crippen MR) is 81.7 cm³/mol. The van der Waals surface area contributed by atoms with Crippen LogP contribution in [0, 0.1) is 11.3 Å². The first kappa shape index (κ1) is 14.9. The molecule has 21 heavy (non-hydrogen) atoms. The molecule has 4 heteroatoms. The van der Waals surface area contributed by atoms with Gasteiger partial charge in [0.05, 0.1) is 7.11 Å². The van der Waals surface area contributed by atoms with E-state index in [1.165, 1.54) is 18.7 Å². The number of ether oxygens (including phenoxy) is 1. The van der Waals surface area contributed by atoms with Crippen LogP contribution in [-0.4, -0.2) is 20.1 Å². The third-order valence-electron chi connectivity index (χ3n) is 3.87. The lowest BCUT2D eigenvalue weighted by molar-refractivity contribution is -0.135. The minimum absolute atomic E-state index is 0.00911. The monoisotopic (exact) mass is 282 g/mol. The van der Waals surface area contributed by atoms with Crippen LogP contribution in [-0.2, 0) is 14.9 Å². The number of para-hydroxylation sites is 1. The molecule has 1 heterocycles. The van der Waals surface area contributed by atoms with E-state index in [2.05, 4.69) is 35.6 Å². The number of allylic oxidation sites excluding steroid dienone is 3. The molecule has 0 unspecified atom stereocenters. The highest BCUT2D eigenvalue weighted by Gasteiger charge is 2.37. The van der Waals surface area contributed by atoms with Gasteiger partial charge in [0.1, 0.15) is 11.6 Å². The van der Waals surface area contributed by atoms with Crippen LogP contribution >= 0.6 is 0 Å². The molecule has 0 spiro atoms. The Balaban J connectivity index is 2.47. The van der Waals surface area contributed by atoms with E-state index in [1.54, 1.807) is 0 Å². The van der Waals surface area contributed by atoms with Gasteiger partial charge in [-0.15, -0.1) is 0 Å². The van der Waals surface area contributed by atoms with Crippen molar-refractivity contribution in [3.63, 3.8) is 0 Å². The maximum Gasteiger partial charge on any atom is 0.348 e. The first-order valence-electron chi connectivity index (χ1n) is 6.67. The fourth-order valence-corrected chi connectivity index (χ4v) is 2.72. The van der Waals surface area contributed by atoms with E-state index in [1.807, 2.05) is 31.3 Å². The highest BCUT2D eigenvalue weighted by atomic mass is 16.5. The second kappa shape index (κ2) is 5.45. The Hall–Kier alpha value is -2.54. The summed E-state index contributed by atoms with van der Waals surface area (Å²) in [7, 11) is 3.25. The molecule has 1 aromatic carbocycles. The van der Waals surface area contributed by atoms with E-state index in [0.717, 1.165) is 11.4 Å². The summed E-state index contributed by atoms with van der Waals surface area (Å²) in [5, 5.41) is 9.01. The Bertz CT molecular complexity index is 678. The van der Waals surface area contributed by atoms with Crippen LogP contribution in [0.3, 0.4) is 0 Å². The lowest BCUT2D eigenvalue weighted by atomic mass is 9.83. The summed E-state index contributed by atoms with van der Waals surface area (Å²) in [6.07, 6.45) is 3.33. The molecule has 0 bridgehead atoms. The average Bonchev–Trinajstić information content (AvgIpc) is 2.68. The topological polar surface area (TPSA) is 53.3 Å². The van der Waals surface area contributed by atoms with Crippen molar-refractivity contribution in [1.82, 2.24) is 0 Å². The molecule has 2 rings (SSSR count). The highest BCUT2D eigenvalue weighted by molar-refractivity contribution is 5.93. The van der Waals surface area contributed by atoms with Crippen LogP contribution < -0.4 is 4.90 Å². The van der Waals surface area contributed by atoms with Crippen molar-refractivity contribution in [2.45, 2.75) is 19.3 Å². The summed E-state index contributed by atoms with van der Waals surface area (Å²) in [5.41, 5.74) is 3.20. The number of carbonyl (C=O) groups is 1. The number of esters is 1. The van der Waals surface area contributed by atoms with Gasteiger partial charge in [0.2, 0.25) is 0 Å². The molecule has 1 aliphatic rings. The zero-order chi connectivity index (χ0) is 15.6. The number of nitriles is 1. The Morgan fingerprint density at radius 2 is 2.05 bits per heavy atom. The van der Waals surface area contributed by atoms with E-state index in [9.17, 15) is 4.79 Å². The van der Waals surface area contributed by atoms with Crippen LogP contribution in [0.15, 0.2) is 47.7 Å². The summed E-state index contributed by atoms with van der Waals surface area (Å²) >= 11 is 0. The molecule has 0 saturated carbocycles. The largest absolute Gasteiger partial charge is 0.465 e. The number of fused-ring (bicyclic) bond motifs is 1. The molecule has 0 saturated heterocycles. The van der Waals surface area contributed by atoms with E-state index in [-0.39, 0.29) is 11.0 Å². The van der Waals surface area contributed by atoms with Crippen molar-refractivity contribution in [1.29, 1.82) is 5.26 Å². The minimum Gasteiger partial charge on any atom is -0.465 e. The highest BCUT2D eigenvalue weighted by Crippen LogP contribution is 2.46. The molecule has 0 aromatic heterocycles. The van der Waals surface area contributed by atoms with Crippen molar-refractivity contribution in [2.24, 2.45) is 0 Å². The van der Waals surface area contributed by atoms with E-state index < -0.39 is 5.97 Å². The Morgan fingerprint density at radius 3 is 2.62 bits per heavy atom. The van der Waals surface area contributed by atoms with Crippen molar-refractivity contribution in [3.8, 4) is 6.07 Å². The quantitative estimate of drug-likeness (QED) is 0.475. The number of hydrogen-bond acceptors (Lipinski definition) is 4. The molecule has 0 amide bonds. The van der Waals surface area contributed by atoms with Crippen molar-refractivity contribution >= 4 is 11.7 Å². The number of rotatable bonds is 2. The number of hydrogen-bond donors (Lipinski definition) is 0. The average molecular weight is 282 g/mol. The second-order valence-corrected chi connectivity index (χ2v) is 5.44. The molecule has 0 fully saturated rings. The number of likely N-dealkylation sites (N-methyl/N-ethyl adjacent to an activating group) is 1. The predicted octanol–water partition coefficient (Wildman–Crippen LogP) is 2.92. The summed E-state index contributed by atoms with van der Waals surface area (Å²) in [6, 6.07) is 10.0. The van der Waals surface area contributed by atoms with E-state index in [0.29, 0.717) is 0 Å². The number of methoxy groups -OCH3 is 1. The molecular weight excluding hydrogens is 264 g/mol. The van der Waals surface area contributed by atoms with Crippen molar-refractivity contribution in [2.75, 3.05) is 19.1 Å². The van der Waals surface area contributed by atoms with Gasteiger partial charge >= 0.3 is 5.97 Å². The lowest BCUT2D eigenvalue weighted by Gasteiger charge is -2.23. The van der Waals surface area contributed by atoms with E-state index in [4.69, 9.17) is 5.26 Å². The van der Waals surface area contributed by atoms with Crippen LogP contribution in [0.2, 0.25) is 0 Å². The zero-order valence-electron chi connectivity index (χ0n) is 12.7. The zero-order valence-corrected chi connectivity index (χ0v) is 12.7. The number of anilines is 1. The van der Waals surface area contributed by atoms with Gasteiger partial charge in [-0.25, -0.2) is 4.79 Å². The SMILES string of the molecule is COC(=O)/C(C#N)=C/C=C1/N(C)c2ccccc2C1(C)C. The Labute approximate surface area is 124 Å². The molecular formula is C17H18N2O2. The fraction of sp³-hybridized carbons (Fsp3) is 0.294. The molecule has 0 aliphatic carbocycles. The first-order valence-corrected chi connectivity index (χ1v) is 6.67. The third kappa shape index (κ3) is 2.43. The summed E-state index contributed by atoms with van der Waals surface area (Å²) in [6.45, 7) is 4.25. The van der Waals surface area contributed by atoms with Gasteiger partial charge in [-0.05, 0) is 23.8 Å². The molecule has 0 radical (unpaired) electrons. The summed E-state index contributed by atoms with van der Waals surface area (Å²) in [5.74, 6) is -0.620. The van der Waals surface area contributed by atoms with Gasteiger partial charge in [0, 0.05) is 23.8 Å². The molecule has 0 atom stereocenters. The molecule has 1 aliphatic heterocycles. The van der Waals surface area contributed by atoms with Crippen LogP contribution in [0.5, 0.6) is 0 Å². The molecule has 4 nitrogen and oxygen atoms in total. The minimum atomic E-state index is -0.620. The lowest BCUT2D eigenvalue weighted by Crippen LogP contribution is -2.22. The molecule has 0 N–H and O–H groups in total. The fourth-order valence-electron chi connectivity index (χ4n) is 2.72. The maximum absolute atomic E-state index is 11.5. The number of carbonyl (C=O) groups excluding carboxylic acids is 1. The molecule has 108 valence electrons. The van der Waals surface area contributed by atoms with Gasteiger partial charge in [0.25, 0.3) is 0 Å². The Morgan fingerprint density at radius 1 is 1.38 bits per heavy atom.